The summed E-state index contributed by atoms with van der Waals surface area (Å²) in [6, 6.07) is 0. The Morgan fingerprint density at radius 1 is 0.732 bits per heavy atom. The number of allylic oxidation sites excluding steroid dienone is 3. The van der Waals surface area contributed by atoms with Crippen LogP contribution in [0.25, 0.3) is 0 Å². The molecule has 1 fully saturated rings. The zero-order valence-electron chi connectivity index (χ0n) is 33.9. The number of ether oxygens (including phenoxy) is 1. The fourth-order valence-corrected chi connectivity index (χ4v) is 10.1. The highest BCUT2D eigenvalue weighted by molar-refractivity contribution is 7.95. The van der Waals surface area contributed by atoms with E-state index in [2.05, 4.69) is 9.71 Å². The Labute approximate surface area is 339 Å². The summed E-state index contributed by atoms with van der Waals surface area (Å²) in [5.74, 6) is -0.450. The summed E-state index contributed by atoms with van der Waals surface area (Å²) in [5.41, 5.74) is 0. The molecule has 2 bridgehead atoms. The summed E-state index contributed by atoms with van der Waals surface area (Å²) in [7, 11) is -14.1. The number of unbranched alkanes of at least 4 members (excludes halogenated alkanes) is 4. The van der Waals surface area contributed by atoms with Gasteiger partial charge in [-0.3, -0.25) is 4.55 Å². The van der Waals surface area contributed by atoms with Gasteiger partial charge in [-0.1, -0.05) is 140 Å². The van der Waals surface area contributed by atoms with Crippen molar-refractivity contribution >= 4 is 37.2 Å². The molecule has 16 heteroatoms. The molecule has 0 aromatic heterocycles. The predicted octanol–water partition coefficient (Wildman–Crippen LogP) is 10.2. The van der Waals surface area contributed by atoms with Crippen molar-refractivity contribution in [3.63, 3.8) is 0 Å². The third-order valence-corrected chi connectivity index (χ3v) is 13.2. The number of esters is 1. The van der Waals surface area contributed by atoms with Gasteiger partial charge >= 0.3 is 37.2 Å². The van der Waals surface area contributed by atoms with Crippen molar-refractivity contribution in [2.45, 2.75) is 224 Å². The second kappa shape index (κ2) is 29.8. The number of carbonyl (C=O) groups excluding carboxylic acids is 1. The smallest absolute Gasteiger partial charge is 0.416 e. The van der Waals surface area contributed by atoms with Crippen molar-refractivity contribution in [2.75, 3.05) is 0 Å². The summed E-state index contributed by atoms with van der Waals surface area (Å²) < 4.78 is 107. The largest absolute Gasteiger partial charge is 0.459 e. The van der Waals surface area contributed by atoms with E-state index in [1.807, 2.05) is 19.1 Å². The van der Waals surface area contributed by atoms with Crippen molar-refractivity contribution in [3.05, 3.63) is 24.3 Å². The number of carbonyl (C=O) groups is 1. The lowest BCUT2D eigenvalue weighted by atomic mass is 9.99. The van der Waals surface area contributed by atoms with E-state index in [9.17, 15) is 34.6 Å². The second-order valence-electron chi connectivity index (χ2n) is 15.5. The summed E-state index contributed by atoms with van der Waals surface area (Å²) in [5, 5.41) is 0. The van der Waals surface area contributed by atoms with Gasteiger partial charge in [-0.2, -0.15) is 25.3 Å². The number of fused-ring (bicyclic) bond motifs is 2. The number of hydrogen-bond acceptors (Lipinski definition) is 12. The first kappa shape index (κ1) is 50.7. The number of hydrogen-bond donors (Lipinski definition) is 1. The lowest BCUT2D eigenvalue weighted by molar-refractivity contribution is -0.144. The molecule has 0 aromatic carbocycles. The summed E-state index contributed by atoms with van der Waals surface area (Å²) >= 11 is 0. The van der Waals surface area contributed by atoms with Gasteiger partial charge in [0.1, 0.15) is 6.10 Å². The Bertz CT molecular complexity index is 1430. The zero-order chi connectivity index (χ0) is 41.0. The molecule has 0 radical (unpaired) electrons. The predicted molar refractivity (Wildman–Crippen MR) is 217 cm³/mol. The molecule has 1 N–H and O–H groups in total. The van der Waals surface area contributed by atoms with Crippen LogP contribution in [0.15, 0.2) is 24.3 Å². The van der Waals surface area contributed by atoms with Gasteiger partial charge in [0.15, 0.2) is 0 Å². The van der Waals surface area contributed by atoms with Gasteiger partial charge in [-0.05, 0) is 64.7 Å². The standard InChI is InChI=1S/C40H72O13S3/c1-2-3-4-5-14-20-25-30-37(50-54(42,43)44)34-36-29-24-19-15-11-9-12-17-22-27-32-39-35-38(51-55(45,46)53-56(47,48)52-39)31-26-21-16-10-7-6-8-13-18-23-28-33-40(41)49-36/h2-3,28,33,36-39H,4-27,29-32,34-35H2,1H3,(H,42,43,44)/b3-2+,33-28+/t36-,37+,38-,39-/m1/s1. The van der Waals surface area contributed by atoms with E-state index >= 15 is 0 Å². The van der Waals surface area contributed by atoms with Gasteiger partial charge in [-0.25, -0.2) is 17.3 Å². The van der Waals surface area contributed by atoms with Crippen LogP contribution < -0.4 is 0 Å². The number of rotatable bonds is 11. The third kappa shape index (κ3) is 28.1. The maximum atomic E-state index is 12.8. The normalized spacial score (nSPS) is 26.9. The average Bonchev–Trinajstić information content (AvgIpc) is 3.09. The SMILES string of the molecule is C/C=C/CCCCCC[C@@H](C[C@H]1CCCCCCCCCCC[C@@H]2C[C@@H](CCCCCCCCCCC/C=C/C(=O)O1)OS(=O)(=O)OS(=O)(=O)O2)OS(=O)(=O)O. The fraction of sp³-hybridized carbons (Fsp3) is 0.875. The molecule has 2 rings (SSSR count). The maximum Gasteiger partial charge on any atom is 0.416 e. The van der Waals surface area contributed by atoms with Crippen LogP contribution in [-0.4, -0.2) is 60.2 Å². The molecule has 1 saturated heterocycles. The minimum atomic E-state index is -4.74. The Kier molecular flexibility index (Phi) is 27.0. The molecule has 2 aliphatic heterocycles. The summed E-state index contributed by atoms with van der Waals surface area (Å²) in [4.78, 5) is 12.8. The molecular formula is C40H72O13S3. The van der Waals surface area contributed by atoms with Crippen molar-refractivity contribution in [1.82, 2.24) is 0 Å². The van der Waals surface area contributed by atoms with Crippen LogP contribution in [0.1, 0.15) is 200 Å². The van der Waals surface area contributed by atoms with Crippen LogP contribution >= 0.6 is 0 Å². The first-order chi connectivity index (χ1) is 26.8. The molecule has 2 aliphatic rings. The average molecular weight is 857 g/mol. The Morgan fingerprint density at radius 2 is 1.21 bits per heavy atom. The van der Waals surface area contributed by atoms with Crippen LogP contribution in [0.2, 0.25) is 0 Å². The molecular weight excluding hydrogens is 785 g/mol. The molecule has 56 heavy (non-hydrogen) atoms. The van der Waals surface area contributed by atoms with E-state index < -0.39 is 61.6 Å². The molecule has 4 atom stereocenters. The van der Waals surface area contributed by atoms with Gasteiger partial charge in [0.25, 0.3) is 0 Å². The van der Waals surface area contributed by atoms with Crippen LogP contribution in [0.3, 0.4) is 0 Å². The van der Waals surface area contributed by atoms with Gasteiger partial charge in [0.2, 0.25) is 0 Å². The lowest BCUT2D eigenvalue weighted by Gasteiger charge is -2.25. The quantitative estimate of drug-likeness (QED) is 0.0896. The molecule has 2 heterocycles. The second-order valence-corrected chi connectivity index (χ2v) is 19.1. The Hall–Kier alpha value is -1.40. The van der Waals surface area contributed by atoms with E-state index in [1.54, 1.807) is 0 Å². The first-order valence-electron chi connectivity index (χ1n) is 21.5. The highest BCUT2D eigenvalue weighted by Gasteiger charge is 2.35. The zero-order valence-corrected chi connectivity index (χ0v) is 36.4. The van der Waals surface area contributed by atoms with Crippen LogP contribution in [-0.2, 0) is 56.9 Å². The van der Waals surface area contributed by atoms with E-state index in [0.29, 0.717) is 25.7 Å². The lowest BCUT2D eigenvalue weighted by Crippen LogP contribution is -2.34. The molecule has 13 nitrogen and oxygen atoms in total. The van der Waals surface area contributed by atoms with Gasteiger partial charge in [0, 0.05) is 18.9 Å². The Morgan fingerprint density at radius 3 is 1.73 bits per heavy atom. The van der Waals surface area contributed by atoms with Crippen LogP contribution in [0, 0.1) is 0 Å². The first-order valence-corrected chi connectivity index (χ1v) is 25.5. The van der Waals surface area contributed by atoms with Gasteiger partial charge in [0.05, 0.1) is 18.3 Å². The van der Waals surface area contributed by atoms with Crippen molar-refractivity contribution < 1.29 is 55.5 Å². The minimum Gasteiger partial charge on any atom is -0.459 e. The molecule has 0 spiro atoms. The molecule has 0 aromatic rings. The maximum absolute atomic E-state index is 12.8. The minimum absolute atomic E-state index is 0.169. The monoisotopic (exact) mass is 856 g/mol. The topological polar surface area (TPSA) is 186 Å². The third-order valence-electron chi connectivity index (χ3n) is 10.4. The molecule has 328 valence electrons. The highest BCUT2D eigenvalue weighted by Crippen LogP contribution is 2.27. The van der Waals surface area contributed by atoms with E-state index in [1.165, 1.54) is 6.08 Å². The van der Waals surface area contributed by atoms with Gasteiger partial charge < -0.3 is 4.74 Å². The van der Waals surface area contributed by atoms with Crippen LogP contribution in [0.5, 0.6) is 0 Å². The van der Waals surface area contributed by atoms with Crippen molar-refractivity contribution in [2.24, 2.45) is 0 Å². The van der Waals surface area contributed by atoms with Gasteiger partial charge in [-0.15, -0.1) is 3.63 Å². The van der Waals surface area contributed by atoms with Crippen LogP contribution in [0.4, 0.5) is 0 Å². The molecule has 0 saturated carbocycles. The molecule has 0 aliphatic carbocycles. The fourth-order valence-electron chi connectivity index (χ4n) is 7.46. The van der Waals surface area contributed by atoms with Crippen molar-refractivity contribution in [1.29, 1.82) is 0 Å². The van der Waals surface area contributed by atoms with E-state index in [4.69, 9.17) is 17.3 Å². The van der Waals surface area contributed by atoms with Crippen molar-refractivity contribution in [3.8, 4) is 0 Å². The summed E-state index contributed by atoms with van der Waals surface area (Å²) in [6.07, 6.45) is 29.9. The highest BCUT2D eigenvalue weighted by atomic mass is 32.3. The molecule has 0 amide bonds. The molecule has 0 unspecified atom stereocenters. The summed E-state index contributed by atoms with van der Waals surface area (Å²) in [6.45, 7) is 1.99. The van der Waals surface area contributed by atoms with E-state index in [0.717, 1.165) is 154 Å². The Balaban J connectivity index is 1.96. The van der Waals surface area contributed by atoms with E-state index in [-0.39, 0.29) is 12.8 Å². The number of cyclic esters (lactones) is 1.